The SMILES string of the molecule is c1ccc(N(c2ccc3sc4ccccc4c3c2)c2ccc3sc4cc(N(c5ccccc5)c5ccccc5)c5ccccc5c4c3c2)cc1. The van der Waals surface area contributed by atoms with Crippen LogP contribution in [0, 0.1) is 0 Å². The van der Waals surface area contributed by atoms with Crippen molar-refractivity contribution in [3.63, 3.8) is 0 Å². The lowest BCUT2D eigenvalue weighted by atomic mass is 10.0. The molecule has 0 amide bonds. The average molecular weight is 675 g/mol. The van der Waals surface area contributed by atoms with Gasteiger partial charge in [0.05, 0.1) is 5.69 Å². The van der Waals surface area contributed by atoms with Crippen LogP contribution in [0.25, 0.3) is 51.1 Å². The van der Waals surface area contributed by atoms with Crippen LogP contribution in [0.2, 0.25) is 0 Å². The third-order valence-electron chi connectivity index (χ3n) is 9.60. The summed E-state index contributed by atoms with van der Waals surface area (Å²) in [6.07, 6.45) is 0. The number of hydrogen-bond acceptors (Lipinski definition) is 4. The fourth-order valence-corrected chi connectivity index (χ4v) is 9.62. The summed E-state index contributed by atoms with van der Waals surface area (Å²) >= 11 is 3.73. The van der Waals surface area contributed by atoms with Gasteiger partial charge in [-0.3, -0.25) is 0 Å². The quantitative estimate of drug-likeness (QED) is 0.173. The molecule has 0 aliphatic carbocycles. The molecule has 2 aromatic heterocycles. The Hall–Kier alpha value is -5.94. The minimum Gasteiger partial charge on any atom is -0.310 e. The minimum atomic E-state index is 1.14. The molecule has 10 aromatic rings. The Labute approximate surface area is 298 Å². The summed E-state index contributed by atoms with van der Waals surface area (Å²) in [7, 11) is 0. The highest BCUT2D eigenvalue weighted by molar-refractivity contribution is 7.26. The van der Waals surface area contributed by atoms with Gasteiger partial charge < -0.3 is 9.80 Å². The van der Waals surface area contributed by atoms with E-state index >= 15 is 0 Å². The highest BCUT2D eigenvalue weighted by Gasteiger charge is 2.21. The standard InChI is InChI=1S/C46H30N2S2/c1-4-14-31(15-5-1)47(34-24-26-43-39(28-34)37-21-12-13-23-42(37)49-43)35-25-27-44-40(29-35)46-38-22-11-10-20-36(38)41(30-45(46)50-44)48(32-16-6-2-7-17-32)33-18-8-3-9-19-33/h1-30H. The maximum absolute atomic E-state index is 2.40. The lowest BCUT2D eigenvalue weighted by Crippen LogP contribution is -2.10. The third-order valence-corrected chi connectivity index (χ3v) is 11.9. The molecule has 0 bridgehead atoms. The molecular weight excluding hydrogens is 645 g/mol. The molecule has 0 aliphatic rings. The zero-order chi connectivity index (χ0) is 33.0. The van der Waals surface area contributed by atoms with E-state index in [0.717, 1.165) is 28.4 Å². The Balaban J connectivity index is 1.20. The first-order valence-corrected chi connectivity index (χ1v) is 18.5. The molecule has 0 aliphatic heterocycles. The van der Waals surface area contributed by atoms with E-state index in [2.05, 4.69) is 192 Å². The van der Waals surface area contributed by atoms with Gasteiger partial charge >= 0.3 is 0 Å². The normalized spacial score (nSPS) is 11.6. The van der Waals surface area contributed by atoms with Crippen molar-refractivity contribution in [2.24, 2.45) is 0 Å². The van der Waals surface area contributed by atoms with Gasteiger partial charge in [0.25, 0.3) is 0 Å². The summed E-state index contributed by atoms with van der Waals surface area (Å²) in [4.78, 5) is 4.79. The highest BCUT2D eigenvalue weighted by Crippen LogP contribution is 2.48. The van der Waals surface area contributed by atoms with Gasteiger partial charge in [0.1, 0.15) is 0 Å². The van der Waals surface area contributed by atoms with Crippen molar-refractivity contribution in [2.75, 3.05) is 9.80 Å². The summed E-state index contributed by atoms with van der Waals surface area (Å²) in [5, 5.41) is 7.68. The first-order valence-electron chi connectivity index (χ1n) is 16.8. The molecular formula is C46H30N2S2. The van der Waals surface area contributed by atoms with Gasteiger partial charge in [-0.2, -0.15) is 0 Å². The first kappa shape index (κ1) is 29.0. The van der Waals surface area contributed by atoms with Crippen LogP contribution >= 0.6 is 22.7 Å². The number of rotatable bonds is 6. The number of nitrogens with zero attached hydrogens (tertiary/aromatic N) is 2. The molecule has 10 rings (SSSR count). The Morgan fingerprint density at radius 3 is 1.38 bits per heavy atom. The van der Waals surface area contributed by atoms with Gasteiger partial charge in [-0.05, 0) is 90.3 Å². The van der Waals surface area contributed by atoms with Crippen LogP contribution in [0.5, 0.6) is 0 Å². The molecule has 2 heterocycles. The zero-order valence-corrected chi connectivity index (χ0v) is 28.7. The summed E-state index contributed by atoms with van der Waals surface area (Å²) in [6.45, 7) is 0. The molecule has 0 spiro atoms. The molecule has 236 valence electrons. The van der Waals surface area contributed by atoms with E-state index in [-0.39, 0.29) is 0 Å². The van der Waals surface area contributed by atoms with Crippen molar-refractivity contribution in [1.29, 1.82) is 0 Å². The molecule has 8 aromatic carbocycles. The van der Waals surface area contributed by atoms with Crippen molar-refractivity contribution < 1.29 is 0 Å². The molecule has 0 atom stereocenters. The summed E-state index contributed by atoms with van der Waals surface area (Å²) < 4.78 is 5.19. The smallest absolute Gasteiger partial charge is 0.0554 e. The van der Waals surface area contributed by atoms with Crippen LogP contribution in [0.4, 0.5) is 34.1 Å². The number of benzene rings is 8. The number of para-hydroxylation sites is 3. The largest absolute Gasteiger partial charge is 0.310 e. The van der Waals surface area contributed by atoms with E-state index in [1.807, 2.05) is 22.7 Å². The molecule has 0 saturated heterocycles. The monoisotopic (exact) mass is 674 g/mol. The highest BCUT2D eigenvalue weighted by atomic mass is 32.1. The van der Waals surface area contributed by atoms with Crippen LogP contribution in [0.1, 0.15) is 0 Å². The Morgan fingerprint density at radius 1 is 0.280 bits per heavy atom. The van der Waals surface area contributed by atoms with Crippen molar-refractivity contribution in [3.05, 3.63) is 182 Å². The average Bonchev–Trinajstić information content (AvgIpc) is 3.74. The topological polar surface area (TPSA) is 6.48 Å². The molecule has 0 N–H and O–H groups in total. The molecule has 2 nitrogen and oxygen atoms in total. The van der Waals surface area contributed by atoms with Gasteiger partial charge in [-0.1, -0.05) is 97.1 Å². The maximum Gasteiger partial charge on any atom is 0.0554 e. The Kier molecular flexibility index (Phi) is 6.90. The number of thiophene rings is 2. The van der Waals surface area contributed by atoms with Crippen molar-refractivity contribution >= 4 is 108 Å². The first-order chi connectivity index (χ1) is 24.8. The van der Waals surface area contributed by atoms with Gasteiger partial charge in [0.2, 0.25) is 0 Å². The summed E-state index contributed by atoms with van der Waals surface area (Å²) in [5.74, 6) is 0. The second kappa shape index (κ2) is 11.9. The lowest BCUT2D eigenvalue weighted by Gasteiger charge is -2.27. The van der Waals surface area contributed by atoms with E-state index in [4.69, 9.17) is 0 Å². The lowest BCUT2D eigenvalue weighted by molar-refractivity contribution is 1.30. The van der Waals surface area contributed by atoms with Gasteiger partial charge in [-0.15, -0.1) is 22.7 Å². The van der Waals surface area contributed by atoms with Crippen LogP contribution < -0.4 is 9.80 Å². The van der Waals surface area contributed by atoms with E-state index in [1.165, 1.54) is 56.8 Å². The second-order valence-corrected chi connectivity index (χ2v) is 14.7. The van der Waals surface area contributed by atoms with Gasteiger partial charge in [0, 0.05) is 74.2 Å². The Bertz CT molecular complexity index is 2780. The second-order valence-electron chi connectivity index (χ2n) is 12.6. The van der Waals surface area contributed by atoms with Crippen LogP contribution in [0.15, 0.2) is 182 Å². The predicted octanol–water partition coefficient (Wildman–Crippen LogP) is 14.5. The molecule has 0 radical (unpaired) electrons. The predicted molar refractivity (Wildman–Crippen MR) is 219 cm³/mol. The van der Waals surface area contributed by atoms with Crippen LogP contribution in [0.3, 0.4) is 0 Å². The third kappa shape index (κ3) is 4.76. The molecule has 50 heavy (non-hydrogen) atoms. The fraction of sp³-hybridized carbons (Fsp3) is 0. The minimum absolute atomic E-state index is 1.14. The molecule has 0 saturated carbocycles. The summed E-state index contributed by atoms with van der Waals surface area (Å²) in [6, 6.07) is 66.1. The van der Waals surface area contributed by atoms with E-state index in [9.17, 15) is 0 Å². The summed E-state index contributed by atoms with van der Waals surface area (Å²) in [5.41, 5.74) is 6.89. The number of hydrogen-bond donors (Lipinski definition) is 0. The molecule has 4 heteroatoms. The van der Waals surface area contributed by atoms with Crippen LogP contribution in [-0.2, 0) is 0 Å². The maximum atomic E-state index is 2.40. The van der Waals surface area contributed by atoms with Crippen molar-refractivity contribution in [3.8, 4) is 0 Å². The van der Waals surface area contributed by atoms with Crippen molar-refractivity contribution in [2.45, 2.75) is 0 Å². The molecule has 0 fully saturated rings. The Morgan fingerprint density at radius 2 is 0.740 bits per heavy atom. The van der Waals surface area contributed by atoms with E-state index in [1.54, 1.807) is 0 Å². The fourth-order valence-electron chi connectivity index (χ4n) is 7.39. The van der Waals surface area contributed by atoms with Crippen LogP contribution in [-0.4, -0.2) is 0 Å². The number of fused-ring (bicyclic) bond motifs is 8. The van der Waals surface area contributed by atoms with Crippen molar-refractivity contribution in [1.82, 2.24) is 0 Å². The van der Waals surface area contributed by atoms with Gasteiger partial charge in [0.15, 0.2) is 0 Å². The molecule has 0 unspecified atom stereocenters. The zero-order valence-electron chi connectivity index (χ0n) is 27.0. The number of anilines is 6. The van der Waals surface area contributed by atoms with E-state index < -0.39 is 0 Å². The van der Waals surface area contributed by atoms with Gasteiger partial charge in [-0.25, -0.2) is 0 Å². The van der Waals surface area contributed by atoms with E-state index in [0.29, 0.717) is 0 Å².